The second-order valence-corrected chi connectivity index (χ2v) is 5.06. The minimum absolute atomic E-state index is 0.0299. The molecule has 0 amide bonds. The number of carbonyl (C=O) groups is 1. The number of hydrogen-bond donors (Lipinski definition) is 0. The van der Waals surface area contributed by atoms with Gasteiger partial charge in [0.05, 0.1) is 0 Å². The van der Waals surface area contributed by atoms with Crippen LogP contribution in [0.25, 0.3) is 0 Å². The van der Waals surface area contributed by atoms with Gasteiger partial charge < -0.3 is 0 Å². The van der Waals surface area contributed by atoms with E-state index in [9.17, 15) is 9.18 Å². The molecule has 0 aliphatic rings. The zero-order chi connectivity index (χ0) is 13.1. The third kappa shape index (κ3) is 3.05. The summed E-state index contributed by atoms with van der Waals surface area (Å²) in [6.07, 6.45) is 0.268. The predicted octanol–water partition coefficient (Wildman–Crippen LogP) is 4.32. The molecule has 0 heterocycles. The molecule has 0 bridgehead atoms. The Bertz CT molecular complexity index is 576. The van der Waals surface area contributed by atoms with Crippen molar-refractivity contribution in [1.29, 1.82) is 0 Å². The van der Waals surface area contributed by atoms with E-state index >= 15 is 0 Å². The molecule has 2 aromatic rings. The molecular weight excluding hydrogens is 295 g/mol. The lowest BCUT2D eigenvalue weighted by atomic mass is 10.0. The Kier molecular flexibility index (Phi) is 3.92. The van der Waals surface area contributed by atoms with Crippen molar-refractivity contribution in [2.75, 3.05) is 0 Å². The van der Waals surface area contributed by atoms with E-state index in [1.165, 1.54) is 12.1 Å². The van der Waals surface area contributed by atoms with Gasteiger partial charge >= 0.3 is 0 Å². The van der Waals surface area contributed by atoms with Crippen LogP contribution < -0.4 is 0 Å². The van der Waals surface area contributed by atoms with E-state index < -0.39 is 0 Å². The lowest BCUT2D eigenvalue weighted by Crippen LogP contribution is -2.04. The molecule has 18 heavy (non-hydrogen) atoms. The minimum Gasteiger partial charge on any atom is -0.294 e. The SMILES string of the molecule is Cc1ccc(C(=O)Cc2ccc(F)cc2Br)cc1. The first-order valence-corrected chi connectivity index (χ1v) is 6.39. The molecule has 0 aliphatic carbocycles. The highest BCUT2D eigenvalue weighted by Gasteiger charge is 2.09. The summed E-state index contributed by atoms with van der Waals surface area (Å²) in [7, 11) is 0. The Morgan fingerprint density at radius 1 is 1.17 bits per heavy atom. The smallest absolute Gasteiger partial charge is 0.167 e. The van der Waals surface area contributed by atoms with E-state index in [0.717, 1.165) is 11.1 Å². The first-order valence-electron chi connectivity index (χ1n) is 5.60. The van der Waals surface area contributed by atoms with Gasteiger partial charge in [-0.1, -0.05) is 51.8 Å². The van der Waals surface area contributed by atoms with Gasteiger partial charge in [-0.15, -0.1) is 0 Å². The number of benzene rings is 2. The summed E-state index contributed by atoms with van der Waals surface area (Å²) < 4.78 is 13.6. The molecule has 3 heteroatoms. The zero-order valence-corrected chi connectivity index (χ0v) is 11.5. The maximum absolute atomic E-state index is 12.9. The molecule has 0 fully saturated rings. The minimum atomic E-state index is -0.312. The lowest BCUT2D eigenvalue weighted by Gasteiger charge is -2.04. The van der Waals surface area contributed by atoms with Crippen LogP contribution in [-0.4, -0.2) is 5.78 Å². The second-order valence-electron chi connectivity index (χ2n) is 4.20. The quantitative estimate of drug-likeness (QED) is 0.772. The molecule has 0 N–H and O–H groups in total. The van der Waals surface area contributed by atoms with Gasteiger partial charge in [0.1, 0.15) is 5.82 Å². The van der Waals surface area contributed by atoms with Crippen molar-refractivity contribution in [2.45, 2.75) is 13.3 Å². The summed E-state index contributed by atoms with van der Waals surface area (Å²) in [6.45, 7) is 1.98. The van der Waals surface area contributed by atoms with E-state index in [4.69, 9.17) is 0 Å². The highest BCUT2D eigenvalue weighted by Crippen LogP contribution is 2.20. The average molecular weight is 307 g/mol. The Hall–Kier alpha value is -1.48. The van der Waals surface area contributed by atoms with Crippen molar-refractivity contribution in [3.63, 3.8) is 0 Å². The van der Waals surface area contributed by atoms with Crippen molar-refractivity contribution in [2.24, 2.45) is 0 Å². The van der Waals surface area contributed by atoms with Gasteiger partial charge in [-0.3, -0.25) is 4.79 Å². The number of Topliss-reactive ketones (excluding diaryl/α,β-unsaturated/α-hetero) is 1. The fourth-order valence-corrected chi connectivity index (χ4v) is 2.17. The molecule has 0 saturated heterocycles. The number of rotatable bonds is 3. The van der Waals surface area contributed by atoms with Crippen molar-refractivity contribution in [1.82, 2.24) is 0 Å². The number of hydrogen-bond acceptors (Lipinski definition) is 1. The average Bonchev–Trinajstić information content (AvgIpc) is 2.33. The lowest BCUT2D eigenvalue weighted by molar-refractivity contribution is 0.0993. The van der Waals surface area contributed by atoms with Crippen LogP contribution >= 0.6 is 15.9 Å². The van der Waals surface area contributed by atoms with Crippen LogP contribution in [0.2, 0.25) is 0 Å². The standard InChI is InChI=1S/C15H12BrFO/c1-10-2-4-11(5-3-10)15(18)8-12-6-7-13(17)9-14(12)16/h2-7,9H,8H2,1H3. The van der Waals surface area contributed by atoms with Gasteiger partial charge in [0.2, 0.25) is 0 Å². The highest BCUT2D eigenvalue weighted by atomic mass is 79.9. The van der Waals surface area contributed by atoms with Crippen LogP contribution in [0, 0.1) is 12.7 Å². The van der Waals surface area contributed by atoms with Crippen molar-refractivity contribution < 1.29 is 9.18 Å². The number of carbonyl (C=O) groups excluding carboxylic acids is 1. The molecule has 92 valence electrons. The van der Waals surface area contributed by atoms with Crippen molar-refractivity contribution in [3.05, 3.63) is 69.4 Å². The molecule has 0 aliphatic heterocycles. The maximum Gasteiger partial charge on any atom is 0.167 e. The van der Waals surface area contributed by atoms with Crippen LogP contribution in [0.1, 0.15) is 21.5 Å². The van der Waals surface area contributed by atoms with Gasteiger partial charge in [-0.25, -0.2) is 4.39 Å². The maximum atomic E-state index is 12.9. The van der Waals surface area contributed by atoms with Gasteiger partial charge in [-0.05, 0) is 24.6 Å². The normalized spacial score (nSPS) is 10.4. The molecule has 0 radical (unpaired) electrons. The van der Waals surface area contributed by atoms with Gasteiger partial charge in [0.15, 0.2) is 5.78 Å². The number of aryl methyl sites for hydroxylation is 1. The molecular formula is C15H12BrFO. The Labute approximate surface area is 114 Å². The molecule has 2 aromatic carbocycles. The predicted molar refractivity (Wildman–Crippen MR) is 73.3 cm³/mol. The molecule has 0 saturated carbocycles. The van der Waals surface area contributed by atoms with E-state index in [-0.39, 0.29) is 18.0 Å². The number of ketones is 1. The summed E-state index contributed by atoms with van der Waals surface area (Å²) in [6, 6.07) is 11.8. The van der Waals surface area contributed by atoms with E-state index in [1.807, 2.05) is 31.2 Å². The summed E-state index contributed by atoms with van der Waals surface area (Å²) in [5.74, 6) is -0.282. The van der Waals surface area contributed by atoms with Crippen LogP contribution in [-0.2, 0) is 6.42 Å². The Morgan fingerprint density at radius 3 is 2.44 bits per heavy atom. The molecule has 2 rings (SSSR count). The molecule has 0 spiro atoms. The van der Waals surface area contributed by atoms with Gasteiger partial charge in [-0.2, -0.15) is 0 Å². The summed E-state index contributed by atoms with van der Waals surface area (Å²) >= 11 is 3.27. The van der Waals surface area contributed by atoms with Crippen molar-refractivity contribution in [3.8, 4) is 0 Å². The molecule has 0 unspecified atom stereocenters. The second kappa shape index (κ2) is 5.44. The van der Waals surface area contributed by atoms with Crippen LogP contribution in [0.3, 0.4) is 0 Å². The van der Waals surface area contributed by atoms with Crippen LogP contribution in [0.15, 0.2) is 46.9 Å². The summed E-state index contributed by atoms with van der Waals surface area (Å²) in [5.41, 5.74) is 2.59. The van der Waals surface area contributed by atoms with E-state index in [1.54, 1.807) is 6.07 Å². The fraction of sp³-hybridized carbons (Fsp3) is 0.133. The fourth-order valence-electron chi connectivity index (χ4n) is 1.68. The van der Waals surface area contributed by atoms with Gasteiger partial charge in [0, 0.05) is 16.5 Å². The monoisotopic (exact) mass is 306 g/mol. The molecule has 0 atom stereocenters. The highest BCUT2D eigenvalue weighted by molar-refractivity contribution is 9.10. The Morgan fingerprint density at radius 2 is 1.83 bits per heavy atom. The summed E-state index contributed by atoms with van der Waals surface area (Å²) in [5, 5.41) is 0. The first kappa shape index (κ1) is 13.0. The summed E-state index contributed by atoms with van der Waals surface area (Å²) in [4.78, 5) is 12.0. The largest absolute Gasteiger partial charge is 0.294 e. The van der Waals surface area contributed by atoms with Gasteiger partial charge in [0.25, 0.3) is 0 Å². The van der Waals surface area contributed by atoms with E-state index in [0.29, 0.717) is 10.0 Å². The van der Waals surface area contributed by atoms with E-state index in [2.05, 4.69) is 15.9 Å². The van der Waals surface area contributed by atoms with Crippen LogP contribution in [0.4, 0.5) is 4.39 Å². The third-order valence-electron chi connectivity index (χ3n) is 2.74. The first-order chi connectivity index (χ1) is 8.56. The Balaban J connectivity index is 2.18. The molecule has 0 aromatic heterocycles. The van der Waals surface area contributed by atoms with Crippen LogP contribution in [0.5, 0.6) is 0 Å². The topological polar surface area (TPSA) is 17.1 Å². The molecule has 1 nitrogen and oxygen atoms in total. The third-order valence-corrected chi connectivity index (χ3v) is 3.48. The number of halogens is 2. The van der Waals surface area contributed by atoms with Crippen molar-refractivity contribution >= 4 is 21.7 Å². The zero-order valence-electron chi connectivity index (χ0n) is 9.91.